The average molecular weight is 361 g/mol. The highest BCUT2D eigenvalue weighted by atomic mass is 79.9. The molecule has 1 aromatic rings. The molecule has 2 rings (SSSR count). The number of hydrogen-bond donors (Lipinski definition) is 0. The van der Waals surface area contributed by atoms with Crippen LogP contribution in [0.25, 0.3) is 0 Å². The van der Waals surface area contributed by atoms with Crippen molar-refractivity contribution in [1.29, 1.82) is 0 Å². The molecule has 0 saturated carbocycles. The van der Waals surface area contributed by atoms with Crippen LogP contribution >= 0.6 is 27.5 Å². The number of rotatable bonds is 5. The first kappa shape index (κ1) is 15.8. The minimum absolute atomic E-state index is 0.197. The summed E-state index contributed by atoms with van der Waals surface area (Å²) in [6.07, 6.45) is 2.54. The lowest BCUT2D eigenvalue weighted by Crippen LogP contribution is -2.41. The number of ether oxygens (including phenoxy) is 1. The smallest absolute Gasteiger partial charge is 0.226 e. The fraction of sp³-hybridized carbons (Fsp3) is 0.533. The molecule has 1 aliphatic rings. The predicted octanol–water partition coefficient (Wildman–Crippen LogP) is 3.24. The highest BCUT2D eigenvalue weighted by Crippen LogP contribution is 2.16. The summed E-state index contributed by atoms with van der Waals surface area (Å²) < 4.78 is 6.65. The van der Waals surface area contributed by atoms with E-state index in [1.54, 1.807) is 0 Å². The van der Waals surface area contributed by atoms with E-state index in [2.05, 4.69) is 15.9 Å². The van der Waals surface area contributed by atoms with Gasteiger partial charge in [-0.3, -0.25) is 4.79 Å². The molecule has 0 aromatic heterocycles. The molecular weight excluding hydrogens is 342 g/mol. The molecule has 0 aliphatic carbocycles. The van der Waals surface area contributed by atoms with Gasteiger partial charge in [-0.15, -0.1) is 11.6 Å². The van der Waals surface area contributed by atoms with Crippen LogP contribution in [-0.2, 0) is 16.0 Å². The number of halogens is 2. The second kappa shape index (κ2) is 8.01. The zero-order valence-electron chi connectivity index (χ0n) is 11.4. The fourth-order valence-corrected chi connectivity index (χ4v) is 2.73. The Balaban J connectivity index is 1.78. The van der Waals surface area contributed by atoms with Crippen LogP contribution < -0.4 is 0 Å². The van der Waals surface area contributed by atoms with E-state index in [0.717, 1.165) is 36.0 Å². The first-order valence-corrected chi connectivity index (χ1v) is 8.21. The average Bonchev–Trinajstić information content (AvgIpc) is 2.48. The van der Waals surface area contributed by atoms with Gasteiger partial charge in [-0.2, -0.15) is 0 Å². The number of likely N-dealkylation sites (tertiary alicyclic amines) is 1. The normalized spacial score (nSPS) is 16.4. The number of carbonyl (C=O) groups excluding carboxylic acids is 1. The van der Waals surface area contributed by atoms with E-state index in [1.165, 1.54) is 0 Å². The Morgan fingerprint density at radius 2 is 1.95 bits per heavy atom. The number of piperidine rings is 1. The van der Waals surface area contributed by atoms with Crippen molar-refractivity contribution in [2.75, 3.05) is 25.6 Å². The molecule has 5 heteroatoms. The summed E-state index contributed by atoms with van der Waals surface area (Å²) in [5.74, 6) is 0.728. The molecular formula is C15H19BrClNO2. The second-order valence-corrected chi connectivity index (χ2v) is 6.24. The summed E-state index contributed by atoms with van der Waals surface area (Å²) in [7, 11) is 0. The first-order chi connectivity index (χ1) is 9.69. The third kappa shape index (κ3) is 4.76. The van der Waals surface area contributed by atoms with Crippen LogP contribution in [0.5, 0.6) is 0 Å². The zero-order chi connectivity index (χ0) is 14.4. The third-order valence-electron chi connectivity index (χ3n) is 3.49. The Morgan fingerprint density at radius 3 is 2.55 bits per heavy atom. The van der Waals surface area contributed by atoms with E-state index >= 15 is 0 Å². The summed E-state index contributed by atoms with van der Waals surface area (Å²) in [6, 6.07) is 7.90. The van der Waals surface area contributed by atoms with E-state index < -0.39 is 0 Å². The van der Waals surface area contributed by atoms with Gasteiger partial charge >= 0.3 is 0 Å². The first-order valence-electron chi connectivity index (χ1n) is 6.89. The van der Waals surface area contributed by atoms with Gasteiger partial charge in [-0.1, -0.05) is 28.1 Å². The molecule has 0 unspecified atom stereocenters. The summed E-state index contributed by atoms with van der Waals surface area (Å²) >= 11 is 9.01. The minimum Gasteiger partial charge on any atom is -0.377 e. The molecule has 0 atom stereocenters. The monoisotopic (exact) mass is 359 g/mol. The number of nitrogens with zero attached hydrogens (tertiary/aromatic N) is 1. The zero-order valence-corrected chi connectivity index (χ0v) is 13.7. The van der Waals surface area contributed by atoms with Gasteiger partial charge < -0.3 is 9.64 Å². The van der Waals surface area contributed by atoms with Crippen molar-refractivity contribution in [3.05, 3.63) is 34.3 Å². The lowest BCUT2D eigenvalue weighted by Gasteiger charge is -2.32. The Hall–Kier alpha value is -0.580. The molecule has 0 radical (unpaired) electrons. The molecule has 110 valence electrons. The van der Waals surface area contributed by atoms with Crippen molar-refractivity contribution >= 4 is 33.4 Å². The van der Waals surface area contributed by atoms with Crippen LogP contribution in [0, 0.1) is 0 Å². The molecule has 0 N–H and O–H groups in total. The molecule has 1 saturated heterocycles. The summed E-state index contributed by atoms with van der Waals surface area (Å²) in [5, 5.41) is 0. The summed E-state index contributed by atoms with van der Waals surface area (Å²) in [5.41, 5.74) is 1.05. The number of benzene rings is 1. The van der Waals surface area contributed by atoms with Gasteiger partial charge in [0.1, 0.15) is 0 Å². The maximum atomic E-state index is 12.2. The van der Waals surface area contributed by atoms with E-state index in [0.29, 0.717) is 18.9 Å². The molecule has 1 fully saturated rings. The molecule has 1 aliphatic heterocycles. The topological polar surface area (TPSA) is 29.5 Å². The van der Waals surface area contributed by atoms with Gasteiger partial charge in [0.2, 0.25) is 5.91 Å². The summed E-state index contributed by atoms with van der Waals surface area (Å²) in [6.45, 7) is 2.16. The third-order valence-corrected chi connectivity index (χ3v) is 4.18. The van der Waals surface area contributed by atoms with Crippen molar-refractivity contribution in [3.8, 4) is 0 Å². The lowest BCUT2D eigenvalue weighted by molar-refractivity contribution is -0.133. The van der Waals surface area contributed by atoms with Crippen LogP contribution in [0.4, 0.5) is 0 Å². The predicted molar refractivity (Wildman–Crippen MR) is 84.1 cm³/mol. The molecule has 3 nitrogen and oxygen atoms in total. The maximum absolute atomic E-state index is 12.2. The van der Waals surface area contributed by atoms with Gasteiger partial charge in [-0.25, -0.2) is 0 Å². The SMILES string of the molecule is O=C(Cc1ccc(Br)cc1)N1CCC(OCCCl)CC1. The molecule has 0 spiro atoms. The highest BCUT2D eigenvalue weighted by Gasteiger charge is 2.22. The van der Waals surface area contributed by atoms with Gasteiger partial charge in [-0.05, 0) is 30.5 Å². The van der Waals surface area contributed by atoms with E-state index in [9.17, 15) is 4.79 Å². The van der Waals surface area contributed by atoms with Crippen molar-refractivity contribution in [3.63, 3.8) is 0 Å². The van der Waals surface area contributed by atoms with Crippen molar-refractivity contribution < 1.29 is 9.53 Å². The highest BCUT2D eigenvalue weighted by molar-refractivity contribution is 9.10. The molecule has 20 heavy (non-hydrogen) atoms. The Labute approximate surface area is 133 Å². The van der Waals surface area contributed by atoms with Gasteiger partial charge in [0, 0.05) is 23.4 Å². The Morgan fingerprint density at radius 1 is 1.30 bits per heavy atom. The van der Waals surface area contributed by atoms with Crippen molar-refractivity contribution in [1.82, 2.24) is 4.90 Å². The standard InChI is InChI=1S/C15H19BrClNO2/c16-13-3-1-12(2-4-13)11-15(19)18-8-5-14(6-9-18)20-10-7-17/h1-4,14H,5-11H2. The molecule has 1 amide bonds. The largest absolute Gasteiger partial charge is 0.377 e. The van der Waals surface area contributed by atoms with Crippen LogP contribution in [0.1, 0.15) is 18.4 Å². The Kier molecular flexibility index (Phi) is 6.33. The second-order valence-electron chi connectivity index (χ2n) is 4.94. The van der Waals surface area contributed by atoms with E-state index in [-0.39, 0.29) is 12.0 Å². The number of alkyl halides is 1. The van der Waals surface area contributed by atoms with Crippen LogP contribution in [-0.4, -0.2) is 42.5 Å². The Bertz CT molecular complexity index is 430. The fourth-order valence-electron chi connectivity index (χ4n) is 2.37. The number of carbonyl (C=O) groups is 1. The van der Waals surface area contributed by atoms with Crippen LogP contribution in [0.3, 0.4) is 0 Å². The van der Waals surface area contributed by atoms with Crippen molar-refractivity contribution in [2.24, 2.45) is 0 Å². The minimum atomic E-state index is 0.197. The van der Waals surface area contributed by atoms with E-state index in [4.69, 9.17) is 16.3 Å². The van der Waals surface area contributed by atoms with Crippen molar-refractivity contribution in [2.45, 2.75) is 25.4 Å². The van der Waals surface area contributed by atoms with Crippen LogP contribution in [0.15, 0.2) is 28.7 Å². The lowest BCUT2D eigenvalue weighted by atomic mass is 10.1. The van der Waals surface area contributed by atoms with E-state index in [1.807, 2.05) is 29.2 Å². The van der Waals surface area contributed by atoms with Gasteiger partial charge in [0.05, 0.1) is 19.1 Å². The molecule has 1 aromatic carbocycles. The maximum Gasteiger partial charge on any atom is 0.226 e. The number of hydrogen-bond acceptors (Lipinski definition) is 2. The van der Waals surface area contributed by atoms with Crippen LogP contribution in [0.2, 0.25) is 0 Å². The van der Waals surface area contributed by atoms with Gasteiger partial charge in [0.15, 0.2) is 0 Å². The molecule has 1 heterocycles. The molecule has 0 bridgehead atoms. The summed E-state index contributed by atoms with van der Waals surface area (Å²) in [4.78, 5) is 14.2. The number of amides is 1. The van der Waals surface area contributed by atoms with Gasteiger partial charge in [0.25, 0.3) is 0 Å². The quantitative estimate of drug-likeness (QED) is 0.755.